The van der Waals surface area contributed by atoms with Gasteiger partial charge in [-0.2, -0.15) is 0 Å². The summed E-state index contributed by atoms with van der Waals surface area (Å²) in [7, 11) is 1.83. The van der Waals surface area contributed by atoms with Crippen molar-refractivity contribution in [3.63, 3.8) is 0 Å². The molecule has 2 aromatic rings. The summed E-state index contributed by atoms with van der Waals surface area (Å²) >= 11 is 0. The molecule has 4 rings (SSSR count). The van der Waals surface area contributed by atoms with Gasteiger partial charge in [0.15, 0.2) is 5.96 Å². The van der Waals surface area contributed by atoms with E-state index in [2.05, 4.69) is 71.5 Å². The maximum atomic E-state index is 11.8. The minimum Gasteiger partial charge on any atom is -0.370 e. The molecule has 1 atom stereocenters. The summed E-state index contributed by atoms with van der Waals surface area (Å²) in [6.45, 7) is 8.86. The molecule has 0 spiro atoms. The number of aryl methyl sites for hydroxylation is 2. The van der Waals surface area contributed by atoms with E-state index in [1.54, 1.807) is 0 Å². The Labute approximate surface area is 191 Å². The van der Waals surface area contributed by atoms with Crippen molar-refractivity contribution >= 4 is 11.9 Å². The molecule has 0 radical (unpaired) electrons. The van der Waals surface area contributed by atoms with Gasteiger partial charge >= 0.3 is 0 Å². The Morgan fingerprint density at radius 1 is 1.12 bits per heavy atom. The third-order valence-electron chi connectivity index (χ3n) is 6.37. The Bertz CT molecular complexity index is 970. The van der Waals surface area contributed by atoms with Gasteiger partial charge < -0.3 is 19.9 Å². The number of hydrogen-bond acceptors (Lipinski definition) is 3. The lowest BCUT2D eigenvalue weighted by atomic mass is 10.00. The van der Waals surface area contributed by atoms with Crippen LogP contribution in [0.5, 0.6) is 0 Å². The summed E-state index contributed by atoms with van der Waals surface area (Å²) in [5.41, 5.74) is 6.17. The van der Waals surface area contributed by atoms with E-state index in [9.17, 15) is 4.79 Å². The fourth-order valence-electron chi connectivity index (χ4n) is 4.58. The quantitative estimate of drug-likeness (QED) is 0.577. The number of benzene rings is 2. The molecular weight excluding hydrogens is 400 g/mol. The topological polar surface area (TPSA) is 57.2 Å². The van der Waals surface area contributed by atoms with Crippen LogP contribution < -0.4 is 5.32 Å². The normalized spacial score (nSPS) is 19.5. The van der Waals surface area contributed by atoms with E-state index in [1.165, 1.54) is 27.8 Å². The van der Waals surface area contributed by atoms with Crippen LogP contribution >= 0.6 is 0 Å². The van der Waals surface area contributed by atoms with E-state index in [0.29, 0.717) is 26.1 Å². The fourth-order valence-corrected chi connectivity index (χ4v) is 4.58. The first kappa shape index (κ1) is 22.3. The Morgan fingerprint density at radius 2 is 1.91 bits per heavy atom. The van der Waals surface area contributed by atoms with Crippen molar-refractivity contribution in [2.45, 2.75) is 45.9 Å². The van der Waals surface area contributed by atoms with Gasteiger partial charge in [-0.25, -0.2) is 0 Å². The van der Waals surface area contributed by atoms with Crippen molar-refractivity contribution in [1.82, 2.24) is 15.1 Å². The Kier molecular flexibility index (Phi) is 7.10. The number of guanidine groups is 1. The van der Waals surface area contributed by atoms with Gasteiger partial charge in [0, 0.05) is 39.6 Å². The first-order valence-corrected chi connectivity index (χ1v) is 11.5. The second-order valence-corrected chi connectivity index (χ2v) is 8.80. The third kappa shape index (κ3) is 5.30. The van der Waals surface area contributed by atoms with E-state index >= 15 is 0 Å². The number of morpholine rings is 1. The van der Waals surface area contributed by atoms with E-state index in [4.69, 9.17) is 4.74 Å². The minimum atomic E-state index is 0.0514. The predicted octanol–water partition coefficient (Wildman–Crippen LogP) is 3.57. The van der Waals surface area contributed by atoms with Crippen LogP contribution in [0.25, 0.3) is 0 Å². The highest BCUT2D eigenvalue weighted by Crippen LogP contribution is 2.26. The van der Waals surface area contributed by atoms with E-state index < -0.39 is 0 Å². The summed E-state index contributed by atoms with van der Waals surface area (Å²) in [6.07, 6.45) is 1.72. The van der Waals surface area contributed by atoms with Crippen molar-refractivity contribution in [3.8, 4) is 0 Å². The number of amides is 1. The predicted molar refractivity (Wildman–Crippen MR) is 127 cm³/mol. The zero-order valence-electron chi connectivity index (χ0n) is 19.4. The second-order valence-electron chi connectivity index (χ2n) is 8.80. The molecule has 2 aliphatic heterocycles. The van der Waals surface area contributed by atoms with Crippen LogP contribution in [0.3, 0.4) is 0 Å². The van der Waals surface area contributed by atoms with Crippen molar-refractivity contribution in [3.05, 3.63) is 70.3 Å². The molecule has 2 saturated heterocycles. The number of likely N-dealkylation sites (tertiary alicyclic amines) is 1. The summed E-state index contributed by atoms with van der Waals surface area (Å²) in [5.74, 6) is 1.17. The lowest BCUT2D eigenvalue weighted by Crippen LogP contribution is -2.48. The van der Waals surface area contributed by atoms with Crippen LogP contribution in [0.15, 0.2) is 47.5 Å². The van der Waals surface area contributed by atoms with Gasteiger partial charge in [-0.3, -0.25) is 9.79 Å². The molecule has 170 valence electrons. The van der Waals surface area contributed by atoms with Crippen molar-refractivity contribution in [2.75, 3.05) is 33.3 Å². The summed E-state index contributed by atoms with van der Waals surface area (Å²) in [6, 6.07) is 15.1. The second kappa shape index (κ2) is 10.2. The molecule has 0 aliphatic carbocycles. The Hall–Kier alpha value is -2.86. The van der Waals surface area contributed by atoms with E-state index in [0.717, 1.165) is 32.0 Å². The smallest absolute Gasteiger partial charge is 0.222 e. The van der Waals surface area contributed by atoms with Crippen molar-refractivity contribution in [1.29, 1.82) is 0 Å². The highest BCUT2D eigenvalue weighted by atomic mass is 16.5. The zero-order valence-corrected chi connectivity index (χ0v) is 19.4. The highest BCUT2D eigenvalue weighted by molar-refractivity contribution is 5.80. The summed E-state index contributed by atoms with van der Waals surface area (Å²) < 4.78 is 6.10. The number of carbonyl (C=O) groups is 1. The zero-order chi connectivity index (χ0) is 22.5. The molecule has 1 amide bonds. The molecule has 1 N–H and O–H groups in total. The molecule has 0 aromatic heterocycles. The molecule has 0 saturated carbocycles. The molecule has 2 heterocycles. The van der Waals surface area contributed by atoms with Crippen LogP contribution in [0.4, 0.5) is 0 Å². The van der Waals surface area contributed by atoms with Gasteiger partial charge in [0.1, 0.15) is 6.10 Å². The first-order valence-electron chi connectivity index (χ1n) is 11.5. The molecule has 32 heavy (non-hydrogen) atoms. The van der Waals surface area contributed by atoms with Crippen LogP contribution in [-0.2, 0) is 22.6 Å². The maximum Gasteiger partial charge on any atom is 0.222 e. The molecule has 6 heteroatoms. The number of rotatable bonds is 5. The number of ether oxygens (including phenoxy) is 1. The van der Waals surface area contributed by atoms with Gasteiger partial charge in [0.05, 0.1) is 13.2 Å². The van der Waals surface area contributed by atoms with Gasteiger partial charge in [-0.05, 0) is 42.5 Å². The standard InChI is InChI=1S/C26H34N4O2/c1-19-6-11-23(20(2)15-19)24-18-30(13-14-32-24)26(27-3)28-16-21-7-9-22(10-8-21)17-29-12-4-5-25(29)31/h6-11,15,24H,4-5,12-14,16-18H2,1-3H3,(H,27,28). The van der Waals surface area contributed by atoms with Gasteiger partial charge in [-0.1, -0.05) is 48.0 Å². The summed E-state index contributed by atoms with van der Waals surface area (Å²) in [4.78, 5) is 20.6. The van der Waals surface area contributed by atoms with Gasteiger partial charge in [0.25, 0.3) is 0 Å². The first-order chi connectivity index (χ1) is 15.5. The third-order valence-corrected chi connectivity index (χ3v) is 6.37. The maximum absolute atomic E-state index is 11.8. The van der Waals surface area contributed by atoms with Crippen molar-refractivity contribution < 1.29 is 9.53 Å². The minimum absolute atomic E-state index is 0.0514. The molecule has 0 bridgehead atoms. The van der Waals surface area contributed by atoms with E-state index in [-0.39, 0.29) is 12.0 Å². The largest absolute Gasteiger partial charge is 0.370 e. The highest BCUT2D eigenvalue weighted by Gasteiger charge is 2.25. The summed E-state index contributed by atoms with van der Waals surface area (Å²) in [5, 5.41) is 3.51. The number of carbonyl (C=O) groups excluding carboxylic acids is 1. The molecule has 2 aromatic carbocycles. The van der Waals surface area contributed by atoms with Crippen LogP contribution in [0.1, 0.15) is 46.8 Å². The lowest BCUT2D eigenvalue weighted by molar-refractivity contribution is -0.128. The number of aliphatic imine (C=N–C) groups is 1. The van der Waals surface area contributed by atoms with Crippen LogP contribution in [0, 0.1) is 13.8 Å². The molecule has 6 nitrogen and oxygen atoms in total. The van der Waals surface area contributed by atoms with Crippen LogP contribution in [0.2, 0.25) is 0 Å². The Balaban J connectivity index is 1.33. The number of nitrogens with one attached hydrogen (secondary N) is 1. The number of hydrogen-bond donors (Lipinski definition) is 1. The number of nitrogens with zero attached hydrogens (tertiary/aromatic N) is 3. The monoisotopic (exact) mass is 434 g/mol. The average Bonchev–Trinajstić information content (AvgIpc) is 3.20. The van der Waals surface area contributed by atoms with Gasteiger partial charge in [0.2, 0.25) is 5.91 Å². The molecular formula is C26H34N4O2. The molecule has 2 fully saturated rings. The fraction of sp³-hybridized carbons (Fsp3) is 0.462. The van der Waals surface area contributed by atoms with Crippen LogP contribution in [-0.4, -0.2) is 55.0 Å². The molecule has 2 aliphatic rings. The average molecular weight is 435 g/mol. The lowest BCUT2D eigenvalue weighted by Gasteiger charge is -2.36. The van der Waals surface area contributed by atoms with E-state index in [1.807, 2.05) is 11.9 Å². The SMILES string of the molecule is CN=C(NCc1ccc(CN2CCCC2=O)cc1)N1CCOC(c2ccc(C)cc2C)C1. The van der Waals surface area contributed by atoms with Crippen molar-refractivity contribution in [2.24, 2.45) is 4.99 Å². The van der Waals surface area contributed by atoms with Gasteiger partial charge in [-0.15, -0.1) is 0 Å². The molecule has 1 unspecified atom stereocenters. The Morgan fingerprint density at radius 3 is 2.59 bits per heavy atom.